The quantitative estimate of drug-likeness (QED) is 0.512. The van der Waals surface area contributed by atoms with Gasteiger partial charge in [0.1, 0.15) is 12.6 Å². The second-order valence-electron chi connectivity index (χ2n) is 8.10. The fourth-order valence-electron chi connectivity index (χ4n) is 3.81. The topological polar surface area (TPSA) is 120 Å². The molecule has 3 aromatic heterocycles. The first-order valence-corrected chi connectivity index (χ1v) is 10.3. The Balaban J connectivity index is 1.47. The molecule has 0 spiro atoms. The SMILES string of the molecule is CN(C)c1ccc(OC2CCCN(C(=O)Cn3cnc4c3c(=O)n(C)c(=O)n4C)C2)nn1. The number of hydrogen-bond donors (Lipinski definition) is 0. The van der Waals surface area contributed by atoms with E-state index in [0.717, 1.165) is 23.2 Å². The van der Waals surface area contributed by atoms with Gasteiger partial charge in [-0.05, 0) is 18.9 Å². The summed E-state index contributed by atoms with van der Waals surface area (Å²) in [5, 5.41) is 8.21. The summed E-state index contributed by atoms with van der Waals surface area (Å²) < 4.78 is 9.75. The van der Waals surface area contributed by atoms with Crippen molar-refractivity contribution in [2.45, 2.75) is 25.5 Å². The monoisotopic (exact) mass is 442 g/mol. The van der Waals surface area contributed by atoms with E-state index in [1.54, 1.807) is 18.0 Å². The van der Waals surface area contributed by atoms with Crippen LogP contribution in [0.15, 0.2) is 28.0 Å². The van der Waals surface area contributed by atoms with E-state index < -0.39 is 11.2 Å². The molecule has 1 aliphatic rings. The summed E-state index contributed by atoms with van der Waals surface area (Å²) in [6, 6.07) is 3.59. The largest absolute Gasteiger partial charge is 0.471 e. The lowest BCUT2D eigenvalue weighted by Gasteiger charge is -2.32. The molecular weight excluding hydrogens is 416 g/mol. The van der Waals surface area contributed by atoms with E-state index >= 15 is 0 Å². The molecule has 1 saturated heterocycles. The van der Waals surface area contributed by atoms with Gasteiger partial charge in [0.2, 0.25) is 11.8 Å². The van der Waals surface area contributed by atoms with Gasteiger partial charge in [-0.25, -0.2) is 9.78 Å². The zero-order valence-electron chi connectivity index (χ0n) is 18.6. The maximum absolute atomic E-state index is 13.0. The van der Waals surface area contributed by atoms with Crippen molar-refractivity contribution in [2.75, 3.05) is 32.1 Å². The average molecular weight is 442 g/mol. The molecular formula is C20H26N8O4. The standard InChI is InChI=1S/C20H26N8O4/c1-24(2)14-7-8-15(23-22-14)32-13-6-5-9-27(10-13)16(29)11-28-12-21-18-17(28)19(30)26(4)20(31)25(18)3/h7-8,12-13H,5-6,9-11H2,1-4H3. The highest BCUT2D eigenvalue weighted by molar-refractivity contribution is 5.79. The summed E-state index contributed by atoms with van der Waals surface area (Å²) in [6.07, 6.45) is 2.82. The van der Waals surface area contributed by atoms with E-state index in [9.17, 15) is 14.4 Å². The Morgan fingerprint density at radius 3 is 2.66 bits per heavy atom. The molecule has 12 heteroatoms. The highest BCUT2D eigenvalue weighted by Crippen LogP contribution is 2.18. The van der Waals surface area contributed by atoms with Crippen molar-refractivity contribution in [3.05, 3.63) is 39.3 Å². The Morgan fingerprint density at radius 2 is 1.97 bits per heavy atom. The first kappa shape index (κ1) is 21.5. The fraction of sp³-hybridized carbons (Fsp3) is 0.500. The highest BCUT2D eigenvalue weighted by Gasteiger charge is 2.26. The molecule has 0 bridgehead atoms. The first-order chi connectivity index (χ1) is 15.3. The van der Waals surface area contributed by atoms with Crippen LogP contribution in [-0.4, -0.2) is 73.0 Å². The molecule has 170 valence electrons. The van der Waals surface area contributed by atoms with E-state index in [1.165, 1.54) is 22.5 Å². The van der Waals surface area contributed by atoms with Gasteiger partial charge in [0.25, 0.3) is 5.56 Å². The van der Waals surface area contributed by atoms with Crippen molar-refractivity contribution in [3.8, 4) is 5.88 Å². The van der Waals surface area contributed by atoms with Gasteiger partial charge in [0, 0.05) is 40.8 Å². The van der Waals surface area contributed by atoms with Gasteiger partial charge in [-0.1, -0.05) is 0 Å². The average Bonchev–Trinajstić information content (AvgIpc) is 3.20. The number of aryl methyl sites for hydroxylation is 1. The van der Waals surface area contributed by atoms with Crippen molar-refractivity contribution in [1.29, 1.82) is 0 Å². The molecule has 0 radical (unpaired) electrons. The maximum atomic E-state index is 13.0. The first-order valence-electron chi connectivity index (χ1n) is 10.3. The number of amides is 1. The molecule has 1 atom stereocenters. The number of rotatable bonds is 5. The summed E-state index contributed by atoms with van der Waals surface area (Å²) in [5.74, 6) is 0.997. The minimum atomic E-state index is -0.479. The molecule has 12 nitrogen and oxygen atoms in total. The third-order valence-corrected chi connectivity index (χ3v) is 5.63. The van der Waals surface area contributed by atoms with Crippen molar-refractivity contribution in [1.82, 2.24) is 33.8 Å². The van der Waals surface area contributed by atoms with Crippen molar-refractivity contribution in [2.24, 2.45) is 14.1 Å². The fourth-order valence-corrected chi connectivity index (χ4v) is 3.81. The van der Waals surface area contributed by atoms with E-state index in [0.29, 0.717) is 19.0 Å². The lowest BCUT2D eigenvalue weighted by molar-refractivity contribution is -0.134. The number of aromatic nitrogens is 6. The molecule has 0 aliphatic carbocycles. The van der Waals surface area contributed by atoms with Crippen LogP contribution in [0.4, 0.5) is 5.82 Å². The van der Waals surface area contributed by atoms with Crippen LogP contribution in [0.3, 0.4) is 0 Å². The van der Waals surface area contributed by atoms with Crippen molar-refractivity contribution >= 4 is 22.9 Å². The van der Waals surface area contributed by atoms with Crippen LogP contribution < -0.4 is 20.9 Å². The van der Waals surface area contributed by atoms with E-state index in [-0.39, 0.29) is 29.7 Å². The smallest absolute Gasteiger partial charge is 0.332 e. The Kier molecular flexibility index (Phi) is 5.68. The molecule has 0 N–H and O–H groups in total. The number of imidazole rings is 1. The minimum absolute atomic E-state index is 0.0476. The van der Waals surface area contributed by atoms with Crippen LogP contribution in [0.1, 0.15) is 12.8 Å². The predicted octanol–water partition coefficient (Wildman–Crippen LogP) is -0.640. The number of fused-ring (bicyclic) bond motifs is 1. The van der Waals surface area contributed by atoms with Gasteiger partial charge in [-0.15, -0.1) is 10.2 Å². The van der Waals surface area contributed by atoms with Crippen LogP contribution in [0.2, 0.25) is 0 Å². The second kappa shape index (κ2) is 8.44. The number of anilines is 1. The second-order valence-corrected chi connectivity index (χ2v) is 8.10. The molecule has 0 saturated carbocycles. The van der Waals surface area contributed by atoms with Gasteiger partial charge >= 0.3 is 5.69 Å². The summed E-state index contributed by atoms with van der Waals surface area (Å²) in [5.41, 5.74) is -0.459. The molecule has 3 aromatic rings. The molecule has 1 unspecified atom stereocenters. The number of carbonyl (C=O) groups is 1. The zero-order chi connectivity index (χ0) is 23.0. The third-order valence-electron chi connectivity index (χ3n) is 5.63. The highest BCUT2D eigenvalue weighted by atomic mass is 16.5. The molecule has 4 heterocycles. The molecule has 0 aromatic carbocycles. The normalized spacial score (nSPS) is 16.4. The Labute approximate surface area is 183 Å². The number of carbonyl (C=O) groups excluding carboxylic acids is 1. The van der Waals surface area contributed by atoms with Gasteiger partial charge in [0.05, 0.1) is 12.9 Å². The summed E-state index contributed by atoms with van der Waals surface area (Å²) in [6.45, 7) is 0.972. The Bertz CT molecular complexity index is 1260. The summed E-state index contributed by atoms with van der Waals surface area (Å²) in [4.78, 5) is 45.4. The maximum Gasteiger partial charge on any atom is 0.332 e. The third kappa shape index (κ3) is 3.95. The zero-order valence-corrected chi connectivity index (χ0v) is 18.6. The number of hydrogen-bond acceptors (Lipinski definition) is 8. The van der Waals surface area contributed by atoms with Crippen LogP contribution in [0.5, 0.6) is 5.88 Å². The number of likely N-dealkylation sites (tertiary alicyclic amines) is 1. The van der Waals surface area contributed by atoms with Gasteiger partial charge < -0.3 is 19.1 Å². The lowest BCUT2D eigenvalue weighted by atomic mass is 10.1. The molecule has 1 amide bonds. The molecule has 1 aliphatic heterocycles. The molecule has 4 rings (SSSR count). The predicted molar refractivity (Wildman–Crippen MR) is 117 cm³/mol. The Morgan fingerprint density at radius 1 is 1.19 bits per heavy atom. The van der Waals surface area contributed by atoms with Crippen LogP contribution >= 0.6 is 0 Å². The van der Waals surface area contributed by atoms with Gasteiger partial charge in [-0.2, -0.15) is 0 Å². The van der Waals surface area contributed by atoms with Crippen molar-refractivity contribution < 1.29 is 9.53 Å². The minimum Gasteiger partial charge on any atom is -0.471 e. The van der Waals surface area contributed by atoms with Crippen LogP contribution in [-0.2, 0) is 25.4 Å². The van der Waals surface area contributed by atoms with Gasteiger partial charge in [-0.3, -0.25) is 18.7 Å². The van der Waals surface area contributed by atoms with E-state index in [4.69, 9.17) is 4.74 Å². The van der Waals surface area contributed by atoms with E-state index in [1.807, 2.05) is 25.1 Å². The van der Waals surface area contributed by atoms with E-state index in [2.05, 4.69) is 15.2 Å². The summed E-state index contributed by atoms with van der Waals surface area (Å²) in [7, 11) is 6.72. The molecule has 32 heavy (non-hydrogen) atoms. The number of nitrogens with zero attached hydrogens (tertiary/aromatic N) is 8. The van der Waals surface area contributed by atoms with Crippen LogP contribution in [0, 0.1) is 0 Å². The summed E-state index contributed by atoms with van der Waals surface area (Å²) >= 11 is 0. The van der Waals surface area contributed by atoms with Crippen molar-refractivity contribution in [3.63, 3.8) is 0 Å². The van der Waals surface area contributed by atoms with Crippen LogP contribution in [0.25, 0.3) is 11.2 Å². The number of ether oxygens (including phenoxy) is 1. The lowest BCUT2D eigenvalue weighted by Crippen LogP contribution is -2.45. The Hall–Kier alpha value is -3.70. The van der Waals surface area contributed by atoms with Gasteiger partial charge in [0.15, 0.2) is 17.0 Å². The molecule has 1 fully saturated rings. The number of piperidine rings is 1.